The number of hydrogen-bond donors (Lipinski definition) is 1. The Balaban J connectivity index is 2.38. The maximum absolute atomic E-state index is 12.9. The summed E-state index contributed by atoms with van der Waals surface area (Å²) in [5.74, 6) is -2.08. The van der Waals surface area contributed by atoms with Gasteiger partial charge >= 0.3 is 17.9 Å². The molecule has 0 aromatic carbocycles. The molecule has 0 bridgehead atoms. The number of Topliss-reactive ketones (excluding diaryl/α,β-unsaturated/α-hetero) is 1. The van der Waals surface area contributed by atoms with Crippen LogP contribution in [0.5, 0.6) is 0 Å². The first-order chi connectivity index (χ1) is 17.9. The number of unbranched alkanes of at least 4 members (excludes halogenated alkanes) is 1. The average molecular weight is 543 g/mol. The van der Waals surface area contributed by atoms with E-state index in [0.717, 1.165) is 12.8 Å². The van der Waals surface area contributed by atoms with Gasteiger partial charge < -0.3 is 33.5 Å². The van der Waals surface area contributed by atoms with Crippen molar-refractivity contribution in [2.75, 3.05) is 13.2 Å². The highest BCUT2D eigenvalue weighted by molar-refractivity contribution is 5.85. The van der Waals surface area contributed by atoms with Gasteiger partial charge in [0.05, 0.1) is 12.2 Å². The molecule has 0 saturated carbocycles. The summed E-state index contributed by atoms with van der Waals surface area (Å²) in [5, 5.41) is 11.4. The SMILES string of the molecule is C=CC[C@@H]1CCC(=O)[C@@H]([C@@H](OC(C)=O)[C@@H]2O[C@H](CC(C)(COC(C)=O)OC(C)=O)[C@H](OCCCC)C2O)O1. The molecule has 0 aromatic heterocycles. The zero-order valence-corrected chi connectivity index (χ0v) is 23.0. The molecule has 38 heavy (non-hydrogen) atoms. The van der Waals surface area contributed by atoms with Crippen molar-refractivity contribution in [3.05, 3.63) is 12.7 Å². The molecule has 0 aliphatic carbocycles. The van der Waals surface area contributed by atoms with Crippen LogP contribution < -0.4 is 0 Å². The van der Waals surface area contributed by atoms with Crippen LogP contribution in [0.2, 0.25) is 0 Å². The van der Waals surface area contributed by atoms with Crippen molar-refractivity contribution >= 4 is 23.7 Å². The molecule has 0 amide bonds. The van der Waals surface area contributed by atoms with E-state index in [2.05, 4.69) is 6.58 Å². The molecule has 0 aromatic rings. The standard InChI is InChI=1S/C27H42O11/c1-7-9-13-33-24-21(14-27(6,38-18(5)30)15-34-16(3)28)37-25(22(24)32)26(35-17(4)29)23-20(31)12-11-19(36-23)10-8-2/h8,19,21-26,32H,2,7,9-15H2,1,3-6H3/t19-,21-,22?,23+,24+,25-,26-,27?/m1/s1. The summed E-state index contributed by atoms with van der Waals surface area (Å²) in [5.41, 5.74) is -1.30. The third-order valence-corrected chi connectivity index (χ3v) is 6.51. The van der Waals surface area contributed by atoms with E-state index in [1.54, 1.807) is 13.0 Å². The van der Waals surface area contributed by atoms with Crippen LogP contribution in [0.4, 0.5) is 0 Å². The van der Waals surface area contributed by atoms with Crippen LogP contribution in [0.1, 0.15) is 73.1 Å². The van der Waals surface area contributed by atoms with Crippen LogP contribution in [-0.2, 0) is 47.6 Å². The lowest BCUT2D eigenvalue weighted by molar-refractivity contribution is -0.193. The second-order valence-electron chi connectivity index (χ2n) is 10.1. The van der Waals surface area contributed by atoms with E-state index in [4.69, 9.17) is 28.4 Å². The largest absolute Gasteiger partial charge is 0.462 e. The van der Waals surface area contributed by atoms with Gasteiger partial charge in [0.25, 0.3) is 0 Å². The van der Waals surface area contributed by atoms with Crippen molar-refractivity contribution in [2.45, 2.75) is 121 Å². The predicted molar refractivity (Wildman–Crippen MR) is 134 cm³/mol. The number of ketones is 1. The van der Waals surface area contributed by atoms with Crippen molar-refractivity contribution in [1.82, 2.24) is 0 Å². The summed E-state index contributed by atoms with van der Waals surface area (Å²) in [7, 11) is 0. The molecule has 2 unspecified atom stereocenters. The van der Waals surface area contributed by atoms with Crippen molar-refractivity contribution < 1.29 is 52.7 Å². The first kappa shape index (κ1) is 31.9. The molecule has 11 heteroatoms. The summed E-state index contributed by atoms with van der Waals surface area (Å²) >= 11 is 0. The molecule has 1 N–H and O–H groups in total. The molecule has 11 nitrogen and oxygen atoms in total. The molecule has 2 aliphatic rings. The van der Waals surface area contributed by atoms with Gasteiger partial charge in [-0.1, -0.05) is 19.4 Å². The number of ether oxygens (including phenoxy) is 6. The minimum Gasteiger partial charge on any atom is -0.462 e. The molecule has 2 aliphatic heterocycles. The Bertz CT molecular complexity index is 843. The molecule has 8 atom stereocenters. The Kier molecular flexibility index (Phi) is 12.3. The maximum Gasteiger partial charge on any atom is 0.303 e. The lowest BCUT2D eigenvalue weighted by atomic mass is 9.91. The van der Waals surface area contributed by atoms with Crippen molar-refractivity contribution in [3.63, 3.8) is 0 Å². The molecule has 216 valence electrons. The van der Waals surface area contributed by atoms with Crippen LogP contribution >= 0.6 is 0 Å². The Morgan fingerprint density at radius 1 is 1.18 bits per heavy atom. The second kappa shape index (κ2) is 14.7. The normalized spacial score (nSPS) is 29.7. The second-order valence-corrected chi connectivity index (χ2v) is 10.1. The van der Waals surface area contributed by atoms with Crippen molar-refractivity contribution in [3.8, 4) is 0 Å². The number of aliphatic hydroxyl groups is 1. The number of carbonyl (C=O) groups excluding carboxylic acids is 4. The van der Waals surface area contributed by atoms with Crippen LogP contribution in [0.3, 0.4) is 0 Å². The number of rotatable bonds is 14. The predicted octanol–water partition coefficient (Wildman–Crippen LogP) is 2.20. The zero-order chi connectivity index (χ0) is 28.5. The average Bonchev–Trinajstić information content (AvgIpc) is 3.12. The Hall–Kier alpha value is -2.34. The topological polar surface area (TPSA) is 144 Å². The number of esters is 3. The fourth-order valence-electron chi connectivity index (χ4n) is 4.84. The smallest absolute Gasteiger partial charge is 0.303 e. The van der Waals surface area contributed by atoms with Gasteiger partial charge in [-0.05, 0) is 26.2 Å². The molecule has 2 fully saturated rings. The van der Waals surface area contributed by atoms with Crippen LogP contribution in [0.25, 0.3) is 0 Å². The Morgan fingerprint density at radius 3 is 2.47 bits per heavy atom. The van der Waals surface area contributed by atoms with Crippen LogP contribution in [0, 0.1) is 0 Å². The van der Waals surface area contributed by atoms with E-state index in [9.17, 15) is 24.3 Å². The third-order valence-electron chi connectivity index (χ3n) is 6.51. The van der Waals surface area contributed by atoms with E-state index in [0.29, 0.717) is 19.4 Å². The van der Waals surface area contributed by atoms with Gasteiger partial charge in [0.1, 0.15) is 30.5 Å². The highest BCUT2D eigenvalue weighted by Gasteiger charge is 2.54. The molecular weight excluding hydrogens is 500 g/mol. The van der Waals surface area contributed by atoms with Gasteiger partial charge in [0, 0.05) is 40.2 Å². The fourth-order valence-corrected chi connectivity index (χ4v) is 4.84. The number of aliphatic hydroxyl groups excluding tert-OH is 1. The first-order valence-electron chi connectivity index (χ1n) is 13.1. The first-order valence-corrected chi connectivity index (χ1v) is 13.1. The Labute approximate surface area is 224 Å². The summed E-state index contributed by atoms with van der Waals surface area (Å²) in [6, 6.07) is 0. The van der Waals surface area contributed by atoms with Gasteiger partial charge in [0.2, 0.25) is 0 Å². The Morgan fingerprint density at radius 2 is 1.89 bits per heavy atom. The highest BCUT2D eigenvalue weighted by atomic mass is 16.6. The number of hydrogen-bond acceptors (Lipinski definition) is 11. The minimum absolute atomic E-state index is 0.00440. The monoisotopic (exact) mass is 542 g/mol. The highest BCUT2D eigenvalue weighted by Crippen LogP contribution is 2.36. The van der Waals surface area contributed by atoms with Gasteiger partial charge in [-0.15, -0.1) is 6.58 Å². The molecule has 2 rings (SSSR count). The van der Waals surface area contributed by atoms with Gasteiger partial charge in [0.15, 0.2) is 18.0 Å². The van der Waals surface area contributed by atoms with E-state index in [1.807, 2.05) is 6.92 Å². The van der Waals surface area contributed by atoms with Crippen molar-refractivity contribution in [2.24, 2.45) is 0 Å². The van der Waals surface area contributed by atoms with Gasteiger partial charge in [-0.25, -0.2) is 0 Å². The van der Waals surface area contributed by atoms with Gasteiger partial charge in [-0.3, -0.25) is 19.2 Å². The van der Waals surface area contributed by atoms with E-state index in [1.165, 1.54) is 20.8 Å². The minimum atomic E-state index is -1.30. The zero-order valence-electron chi connectivity index (χ0n) is 23.0. The quantitative estimate of drug-likeness (QED) is 0.149. The summed E-state index contributed by atoms with van der Waals surface area (Å²) < 4.78 is 34.4. The van der Waals surface area contributed by atoms with Crippen molar-refractivity contribution in [1.29, 1.82) is 0 Å². The lowest BCUT2D eigenvalue weighted by Crippen LogP contribution is -2.53. The summed E-state index contributed by atoms with van der Waals surface area (Å²) in [6.45, 7) is 11.0. The summed E-state index contributed by atoms with van der Waals surface area (Å²) in [6.07, 6.45) is -2.42. The summed E-state index contributed by atoms with van der Waals surface area (Å²) in [4.78, 5) is 48.3. The molecule has 2 heterocycles. The fraction of sp³-hybridized carbons (Fsp3) is 0.778. The van der Waals surface area contributed by atoms with Crippen LogP contribution in [0.15, 0.2) is 12.7 Å². The lowest BCUT2D eigenvalue weighted by Gasteiger charge is -2.36. The maximum atomic E-state index is 12.9. The third kappa shape index (κ3) is 9.14. The molecule has 0 radical (unpaired) electrons. The van der Waals surface area contributed by atoms with E-state index < -0.39 is 60.1 Å². The molecular formula is C27H42O11. The molecule has 2 saturated heterocycles. The van der Waals surface area contributed by atoms with Gasteiger partial charge in [-0.2, -0.15) is 0 Å². The van der Waals surface area contributed by atoms with Crippen LogP contribution in [-0.4, -0.2) is 90.3 Å². The van der Waals surface area contributed by atoms with E-state index >= 15 is 0 Å². The molecule has 0 spiro atoms. The van der Waals surface area contributed by atoms with E-state index in [-0.39, 0.29) is 31.3 Å². The number of carbonyl (C=O) groups is 4.